The molecule has 0 aromatic rings. The highest BCUT2D eigenvalue weighted by atomic mass is 79.9. The van der Waals surface area contributed by atoms with Crippen LogP contribution in [0.15, 0.2) is 0 Å². The number of halogens is 1. The van der Waals surface area contributed by atoms with Crippen LogP contribution in [0.25, 0.3) is 0 Å². The lowest BCUT2D eigenvalue weighted by molar-refractivity contribution is 0.220. The fraction of sp³-hybridized carbons (Fsp3) is 1.00. The van der Waals surface area contributed by atoms with Gasteiger partial charge in [-0.15, -0.1) is 0 Å². The second kappa shape index (κ2) is 4.64. The van der Waals surface area contributed by atoms with Crippen LogP contribution in [0.5, 0.6) is 0 Å². The highest BCUT2D eigenvalue weighted by molar-refractivity contribution is 9.09. The number of hydrogen-bond donors (Lipinski definition) is 0. The molecule has 1 fully saturated rings. The van der Waals surface area contributed by atoms with Gasteiger partial charge < -0.3 is 0 Å². The summed E-state index contributed by atoms with van der Waals surface area (Å²) in [5, 5.41) is 0. The van der Waals surface area contributed by atoms with Gasteiger partial charge in [-0.05, 0) is 37.0 Å². The third-order valence-corrected chi connectivity index (χ3v) is 4.60. The minimum atomic E-state index is 0.803. The SMILES string of the molecule is CCC1CC(C(C)C)CCC1Br. The molecule has 0 aliphatic heterocycles. The molecule has 1 rings (SSSR count). The molecule has 0 saturated heterocycles. The molecule has 1 aliphatic rings. The van der Waals surface area contributed by atoms with Gasteiger partial charge in [-0.1, -0.05) is 43.1 Å². The molecular formula is C11H21Br. The van der Waals surface area contributed by atoms with Crippen LogP contribution in [0.4, 0.5) is 0 Å². The van der Waals surface area contributed by atoms with Gasteiger partial charge in [0.25, 0.3) is 0 Å². The van der Waals surface area contributed by atoms with Crippen molar-refractivity contribution in [2.24, 2.45) is 17.8 Å². The third kappa shape index (κ3) is 2.48. The zero-order valence-electron chi connectivity index (χ0n) is 8.52. The van der Waals surface area contributed by atoms with Gasteiger partial charge in [0.15, 0.2) is 0 Å². The lowest BCUT2D eigenvalue weighted by atomic mass is 9.75. The molecule has 0 aromatic carbocycles. The monoisotopic (exact) mass is 232 g/mol. The maximum absolute atomic E-state index is 3.79. The van der Waals surface area contributed by atoms with Crippen molar-refractivity contribution in [3.8, 4) is 0 Å². The van der Waals surface area contributed by atoms with Crippen LogP contribution in [0.2, 0.25) is 0 Å². The maximum Gasteiger partial charge on any atom is 0.0174 e. The fourth-order valence-corrected chi connectivity index (χ4v) is 3.15. The second-order valence-corrected chi connectivity index (χ2v) is 5.68. The van der Waals surface area contributed by atoms with E-state index < -0.39 is 0 Å². The minimum absolute atomic E-state index is 0.803. The first kappa shape index (κ1) is 10.6. The summed E-state index contributed by atoms with van der Waals surface area (Å²) < 4.78 is 0. The predicted octanol–water partition coefficient (Wildman–Crippen LogP) is 4.23. The van der Waals surface area contributed by atoms with Gasteiger partial charge in [0.1, 0.15) is 0 Å². The third-order valence-electron chi connectivity index (χ3n) is 3.40. The second-order valence-electron chi connectivity index (χ2n) is 4.50. The van der Waals surface area contributed by atoms with E-state index in [1.165, 1.54) is 25.7 Å². The summed E-state index contributed by atoms with van der Waals surface area (Å²) >= 11 is 3.79. The quantitative estimate of drug-likeness (QED) is 0.626. The normalized spacial score (nSPS) is 37.2. The summed E-state index contributed by atoms with van der Waals surface area (Å²) in [5.74, 6) is 2.81. The van der Waals surface area contributed by atoms with E-state index in [2.05, 4.69) is 36.7 Å². The Hall–Kier alpha value is 0.480. The molecule has 12 heavy (non-hydrogen) atoms. The van der Waals surface area contributed by atoms with Crippen LogP contribution in [-0.2, 0) is 0 Å². The van der Waals surface area contributed by atoms with Gasteiger partial charge in [0, 0.05) is 4.83 Å². The first-order valence-corrected chi connectivity index (χ1v) is 6.20. The molecule has 0 bridgehead atoms. The molecule has 3 atom stereocenters. The van der Waals surface area contributed by atoms with Crippen molar-refractivity contribution in [2.75, 3.05) is 0 Å². The predicted molar refractivity (Wildman–Crippen MR) is 58.7 cm³/mol. The highest BCUT2D eigenvalue weighted by Crippen LogP contribution is 2.38. The van der Waals surface area contributed by atoms with Crippen LogP contribution < -0.4 is 0 Å². The maximum atomic E-state index is 3.79. The van der Waals surface area contributed by atoms with Crippen LogP contribution in [-0.4, -0.2) is 4.83 Å². The Morgan fingerprint density at radius 2 is 2.00 bits per heavy atom. The molecule has 0 amide bonds. The van der Waals surface area contributed by atoms with E-state index in [-0.39, 0.29) is 0 Å². The Morgan fingerprint density at radius 3 is 2.50 bits per heavy atom. The summed E-state index contributed by atoms with van der Waals surface area (Å²) in [7, 11) is 0. The van der Waals surface area contributed by atoms with Gasteiger partial charge in [0.05, 0.1) is 0 Å². The van der Waals surface area contributed by atoms with Crippen LogP contribution in [0.1, 0.15) is 46.5 Å². The van der Waals surface area contributed by atoms with Crippen molar-refractivity contribution in [1.29, 1.82) is 0 Å². The molecule has 0 N–H and O–H groups in total. The molecule has 0 spiro atoms. The van der Waals surface area contributed by atoms with Crippen molar-refractivity contribution in [1.82, 2.24) is 0 Å². The van der Waals surface area contributed by atoms with E-state index in [1.807, 2.05) is 0 Å². The van der Waals surface area contributed by atoms with Crippen molar-refractivity contribution in [3.63, 3.8) is 0 Å². The fourth-order valence-electron chi connectivity index (χ4n) is 2.29. The zero-order chi connectivity index (χ0) is 9.14. The Morgan fingerprint density at radius 1 is 1.33 bits per heavy atom. The molecule has 1 aliphatic carbocycles. The van der Waals surface area contributed by atoms with Crippen molar-refractivity contribution < 1.29 is 0 Å². The highest BCUT2D eigenvalue weighted by Gasteiger charge is 2.28. The van der Waals surface area contributed by atoms with Crippen LogP contribution in [0.3, 0.4) is 0 Å². The smallest absolute Gasteiger partial charge is 0.0174 e. The van der Waals surface area contributed by atoms with Crippen LogP contribution >= 0.6 is 15.9 Å². The van der Waals surface area contributed by atoms with Gasteiger partial charge in [-0.25, -0.2) is 0 Å². The zero-order valence-corrected chi connectivity index (χ0v) is 10.1. The first-order valence-electron chi connectivity index (χ1n) is 5.29. The summed E-state index contributed by atoms with van der Waals surface area (Å²) in [6.07, 6.45) is 5.62. The number of hydrogen-bond acceptors (Lipinski definition) is 0. The summed E-state index contributed by atoms with van der Waals surface area (Å²) in [6.45, 7) is 7.06. The summed E-state index contributed by atoms with van der Waals surface area (Å²) in [4.78, 5) is 0.803. The van der Waals surface area contributed by atoms with Crippen molar-refractivity contribution in [3.05, 3.63) is 0 Å². The molecule has 1 saturated carbocycles. The van der Waals surface area contributed by atoms with Gasteiger partial charge in [0.2, 0.25) is 0 Å². The Bertz CT molecular complexity index is 131. The van der Waals surface area contributed by atoms with E-state index in [0.29, 0.717) is 0 Å². The van der Waals surface area contributed by atoms with Crippen molar-refractivity contribution >= 4 is 15.9 Å². The van der Waals surface area contributed by atoms with E-state index in [1.54, 1.807) is 0 Å². The first-order chi connectivity index (χ1) is 5.65. The average Bonchev–Trinajstić information content (AvgIpc) is 2.05. The summed E-state index contributed by atoms with van der Waals surface area (Å²) in [6, 6.07) is 0. The van der Waals surface area contributed by atoms with E-state index >= 15 is 0 Å². The molecule has 0 radical (unpaired) electrons. The summed E-state index contributed by atoms with van der Waals surface area (Å²) in [5.41, 5.74) is 0. The Labute approximate surface area is 85.3 Å². The van der Waals surface area contributed by atoms with Gasteiger partial charge >= 0.3 is 0 Å². The van der Waals surface area contributed by atoms with Gasteiger partial charge in [-0.2, -0.15) is 0 Å². The number of rotatable bonds is 2. The van der Waals surface area contributed by atoms with Gasteiger partial charge in [-0.3, -0.25) is 0 Å². The topological polar surface area (TPSA) is 0 Å². The Kier molecular flexibility index (Phi) is 4.09. The van der Waals surface area contributed by atoms with Crippen molar-refractivity contribution in [2.45, 2.75) is 51.3 Å². The van der Waals surface area contributed by atoms with E-state index in [9.17, 15) is 0 Å². The molecule has 3 unspecified atom stereocenters. The Balaban J connectivity index is 2.44. The average molecular weight is 233 g/mol. The molecular weight excluding hydrogens is 212 g/mol. The molecule has 72 valence electrons. The van der Waals surface area contributed by atoms with E-state index in [4.69, 9.17) is 0 Å². The molecule has 0 aromatic heterocycles. The molecule has 0 heterocycles. The molecule has 1 heteroatoms. The largest absolute Gasteiger partial charge is 0.0888 e. The molecule has 0 nitrogen and oxygen atoms in total. The van der Waals surface area contributed by atoms with Crippen LogP contribution in [0, 0.1) is 17.8 Å². The number of alkyl halides is 1. The van der Waals surface area contributed by atoms with E-state index in [0.717, 1.165) is 22.6 Å². The lowest BCUT2D eigenvalue weighted by Crippen LogP contribution is -2.27. The lowest BCUT2D eigenvalue weighted by Gasteiger charge is -2.34. The standard InChI is InChI=1S/C11H21Br/c1-4-9-7-10(8(2)3)5-6-11(9)12/h8-11H,4-7H2,1-3H3. The minimum Gasteiger partial charge on any atom is -0.0888 e.